The third kappa shape index (κ3) is 2.54. The van der Waals surface area contributed by atoms with Crippen molar-refractivity contribution in [2.45, 2.75) is 26.2 Å². The molecule has 2 N–H and O–H groups in total. The smallest absolute Gasteiger partial charge is 0.168 e. The van der Waals surface area contributed by atoms with Crippen molar-refractivity contribution in [3.8, 4) is 28.7 Å². The van der Waals surface area contributed by atoms with Crippen LogP contribution >= 0.6 is 0 Å². The van der Waals surface area contributed by atoms with Crippen LogP contribution in [-0.4, -0.2) is 19.2 Å². The number of nitrogen functional groups attached to an aromatic ring is 1. The topological polar surface area (TPSA) is 81.2 Å². The fraction of sp³-hybridized carbons (Fsp3) is 0.368. The van der Waals surface area contributed by atoms with Crippen LogP contribution in [0.1, 0.15) is 30.2 Å². The van der Waals surface area contributed by atoms with Gasteiger partial charge in [-0.05, 0) is 36.8 Å². The minimum atomic E-state index is 0.283. The zero-order valence-corrected chi connectivity index (χ0v) is 14.2. The Hall–Kier alpha value is -2.74. The number of nitriles is 1. The van der Waals surface area contributed by atoms with Gasteiger partial charge in [0.1, 0.15) is 17.5 Å². The van der Waals surface area contributed by atoms with E-state index < -0.39 is 0 Å². The summed E-state index contributed by atoms with van der Waals surface area (Å²) in [4.78, 5) is 4.49. The van der Waals surface area contributed by atoms with Crippen molar-refractivity contribution in [2.75, 3.05) is 20.0 Å². The van der Waals surface area contributed by atoms with E-state index in [1.54, 1.807) is 14.2 Å². The Morgan fingerprint density at radius 2 is 2.08 bits per heavy atom. The Morgan fingerprint density at radius 1 is 1.29 bits per heavy atom. The number of pyridine rings is 1. The Kier molecular flexibility index (Phi) is 4.30. The third-order valence-electron chi connectivity index (χ3n) is 4.62. The summed E-state index contributed by atoms with van der Waals surface area (Å²) in [5.41, 5.74) is 10.3. The van der Waals surface area contributed by atoms with Gasteiger partial charge < -0.3 is 15.2 Å². The summed E-state index contributed by atoms with van der Waals surface area (Å²) in [5, 5.41) is 9.68. The van der Waals surface area contributed by atoms with E-state index >= 15 is 0 Å². The van der Waals surface area contributed by atoms with E-state index in [1.807, 2.05) is 18.2 Å². The second-order valence-electron chi connectivity index (χ2n) is 6.17. The Bertz CT molecular complexity index is 824. The van der Waals surface area contributed by atoms with Gasteiger partial charge in [-0.2, -0.15) is 5.26 Å². The second-order valence-corrected chi connectivity index (χ2v) is 6.17. The molecule has 0 bridgehead atoms. The molecular formula is C19H21N3O2. The predicted octanol–water partition coefficient (Wildman–Crippen LogP) is 3.34. The summed E-state index contributed by atoms with van der Waals surface area (Å²) in [5.74, 6) is 2.07. The average Bonchev–Trinajstić information content (AvgIpc) is 2.60. The summed E-state index contributed by atoms with van der Waals surface area (Å²) in [6.45, 7) is 2.22. The molecule has 0 saturated carbocycles. The van der Waals surface area contributed by atoms with Gasteiger partial charge in [-0.1, -0.05) is 19.1 Å². The van der Waals surface area contributed by atoms with Crippen LogP contribution in [0.3, 0.4) is 0 Å². The standard InChI is InChI=1S/C19H21N3O2/c1-11-7-8-15-13(9-11)17(14(10-20)19(21)22-15)12-5-4-6-16(23-2)18(12)24-3/h4-6,11H,7-9H2,1-3H3,(H2,21,22). The molecule has 0 saturated heterocycles. The number of anilines is 1. The number of hydrogen-bond donors (Lipinski definition) is 1. The molecule has 1 aliphatic carbocycles. The number of ether oxygens (including phenoxy) is 2. The molecule has 1 atom stereocenters. The second kappa shape index (κ2) is 6.40. The highest BCUT2D eigenvalue weighted by Gasteiger charge is 2.27. The molecule has 0 spiro atoms. The Morgan fingerprint density at radius 3 is 2.75 bits per heavy atom. The molecule has 1 unspecified atom stereocenters. The van der Waals surface area contributed by atoms with Gasteiger partial charge in [0.25, 0.3) is 0 Å². The largest absolute Gasteiger partial charge is 0.493 e. The zero-order chi connectivity index (χ0) is 17.3. The Labute approximate surface area is 142 Å². The maximum absolute atomic E-state index is 9.68. The summed E-state index contributed by atoms with van der Waals surface area (Å²) >= 11 is 0. The minimum Gasteiger partial charge on any atom is -0.493 e. The molecule has 2 aromatic rings. The normalized spacial score (nSPS) is 16.2. The molecule has 1 aromatic carbocycles. The van der Waals surface area contributed by atoms with Crippen LogP contribution < -0.4 is 15.2 Å². The van der Waals surface area contributed by atoms with Crippen LogP contribution in [0.25, 0.3) is 11.1 Å². The fourth-order valence-electron chi connectivity index (χ4n) is 3.45. The van der Waals surface area contributed by atoms with Gasteiger partial charge >= 0.3 is 0 Å². The lowest BCUT2D eigenvalue weighted by Gasteiger charge is -2.25. The summed E-state index contributed by atoms with van der Waals surface area (Å²) in [6.07, 6.45) is 2.85. The fourth-order valence-corrected chi connectivity index (χ4v) is 3.45. The lowest BCUT2D eigenvalue weighted by Crippen LogP contribution is -2.17. The van der Waals surface area contributed by atoms with E-state index in [9.17, 15) is 5.26 Å². The van der Waals surface area contributed by atoms with Gasteiger partial charge in [0, 0.05) is 16.8 Å². The first kappa shape index (κ1) is 16.1. The maximum Gasteiger partial charge on any atom is 0.168 e. The van der Waals surface area contributed by atoms with Crippen LogP contribution in [0.4, 0.5) is 5.82 Å². The van der Waals surface area contributed by atoms with Crippen molar-refractivity contribution in [2.24, 2.45) is 5.92 Å². The van der Waals surface area contributed by atoms with Crippen molar-refractivity contribution >= 4 is 5.82 Å². The van der Waals surface area contributed by atoms with Gasteiger partial charge in [0.05, 0.1) is 14.2 Å². The predicted molar refractivity (Wildman–Crippen MR) is 93.1 cm³/mol. The van der Waals surface area contributed by atoms with Crippen molar-refractivity contribution in [3.05, 3.63) is 35.0 Å². The molecule has 1 aromatic heterocycles. The number of benzene rings is 1. The summed E-state index contributed by atoms with van der Waals surface area (Å²) < 4.78 is 11.0. The number of nitrogens with zero attached hydrogens (tertiary/aromatic N) is 2. The molecular weight excluding hydrogens is 302 g/mol. The van der Waals surface area contributed by atoms with Crippen LogP contribution in [0, 0.1) is 17.2 Å². The lowest BCUT2D eigenvalue weighted by atomic mass is 9.82. The molecule has 124 valence electrons. The van der Waals surface area contributed by atoms with Gasteiger partial charge in [0.15, 0.2) is 11.5 Å². The maximum atomic E-state index is 9.68. The summed E-state index contributed by atoms with van der Waals surface area (Å²) in [7, 11) is 3.21. The number of nitrogens with two attached hydrogens (primary N) is 1. The highest BCUT2D eigenvalue weighted by molar-refractivity contribution is 5.84. The molecule has 1 aliphatic rings. The number of para-hydroxylation sites is 1. The van der Waals surface area contributed by atoms with E-state index in [0.29, 0.717) is 23.0 Å². The van der Waals surface area contributed by atoms with Crippen molar-refractivity contribution < 1.29 is 9.47 Å². The molecule has 5 nitrogen and oxygen atoms in total. The van der Waals surface area contributed by atoms with Gasteiger partial charge in [-0.3, -0.25) is 0 Å². The first-order valence-corrected chi connectivity index (χ1v) is 8.03. The van der Waals surface area contributed by atoms with Crippen molar-refractivity contribution in [1.29, 1.82) is 5.26 Å². The van der Waals surface area contributed by atoms with Gasteiger partial charge in [0.2, 0.25) is 0 Å². The number of hydrogen-bond acceptors (Lipinski definition) is 5. The van der Waals surface area contributed by atoms with Crippen LogP contribution in [0.2, 0.25) is 0 Å². The number of methoxy groups -OCH3 is 2. The molecule has 3 rings (SSSR count). The number of aromatic nitrogens is 1. The number of fused-ring (bicyclic) bond motifs is 1. The molecule has 0 aliphatic heterocycles. The SMILES string of the molecule is COc1cccc(-c2c(C#N)c(N)nc3c2CC(C)CC3)c1OC. The molecule has 0 radical (unpaired) electrons. The zero-order valence-electron chi connectivity index (χ0n) is 14.2. The van der Waals surface area contributed by atoms with Crippen molar-refractivity contribution in [3.63, 3.8) is 0 Å². The van der Waals surface area contributed by atoms with Crippen LogP contribution in [0.15, 0.2) is 18.2 Å². The monoisotopic (exact) mass is 323 g/mol. The lowest BCUT2D eigenvalue weighted by molar-refractivity contribution is 0.356. The minimum absolute atomic E-state index is 0.283. The highest BCUT2D eigenvalue weighted by atomic mass is 16.5. The van der Waals surface area contributed by atoms with Gasteiger partial charge in [-0.25, -0.2) is 4.98 Å². The first-order valence-electron chi connectivity index (χ1n) is 8.03. The third-order valence-corrected chi connectivity index (χ3v) is 4.62. The molecule has 0 amide bonds. The quantitative estimate of drug-likeness (QED) is 0.937. The molecule has 0 fully saturated rings. The van der Waals surface area contributed by atoms with Gasteiger partial charge in [-0.15, -0.1) is 0 Å². The Balaban J connectivity index is 2.36. The number of aryl methyl sites for hydroxylation is 1. The average molecular weight is 323 g/mol. The van der Waals surface area contributed by atoms with Crippen molar-refractivity contribution in [1.82, 2.24) is 4.98 Å². The van der Waals surface area contributed by atoms with E-state index in [1.165, 1.54) is 0 Å². The number of rotatable bonds is 3. The molecule has 1 heterocycles. The molecule has 5 heteroatoms. The first-order chi connectivity index (χ1) is 11.6. The van der Waals surface area contributed by atoms with E-state index in [-0.39, 0.29) is 5.82 Å². The van der Waals surface area contributed by atoms with E-state index in [0.717, 1.165) is 41.6 Å². The summed E-state index contributed by atoms with van der Waals surface area (Å²) in [6, 6.07) is 7.91. The highest BCUT2D eigenvalue weighted by Crippen LogP contribution is 2.44. The molecule has 24 heavy (non-hydrogen) atoms. The van der Waals surface area contributed by atoms with Crippen LogP contribution in [-0.2, 0) is 12.8 Å². The van der Waals surface area contributed by atoms with E-state index in [2.05, 4.69) is 18.0 Å². The van der Waals surface area contributed by atoms with Crippen LogP contribution in [0.5, 0.6) is 11.5 Å². The van der Waals surface area contributed by atoms with E-state index in [4.69, 9.17) is 15.2 Å².